The van der Waals surface area contributed by atoms with Gasteiger partial charge in [-0.2, -0.15) is 0 Å². The first-order valence-corrected chi connectivity index (χ1v) is 9.41. The van der Waals surface area contributed by atoms with Crippen LogP contribution in [0.1, 0.15) is 56.7 Å². The number of ether oxygens (including phenoxy) is 1. The van der Waals surface area contributed by atoms with Crippen molar-refractivity contribution < 1.29 is 4.74 Å². The third kappa shape index (κ3) is 3.05. The van der Waals surface area contributed by atoms with Crippen LogP contribution in [0.15, 0.2) is 6.33 Å². The van der Waals surface area contributed by atoms with Crippen molar-refractivity contribution in [3.63, 3.8) is 0 Å². The fourth-order valence-electron chi connectivity index (χ4n) is 5.19. The van der Waals surface area contributed by atoms with Gasteiger partial charge in [0.25, 0.3) is 0 Å². The van der Waals surface area contributed by atoms with Crippen LogP contribution in [-0.4, -0.2) is 52.5 Å². The molecule has 0 N–H and O–H groups in total. The maximum Gasteiger partial charge on any atom is 0.137 e. The summed E-state index contributed by atoms with van der Waals surface area (Å²) in [4.78, 5) is 2.74. The molecular formula is C18H30N4O. The Morgan fingerprint density at radius 1 is 1.22 bits per heavy atom. The van der Waals surface area contributed by atoms with Crippen LogP contribution in [0.5, 0.6) is 0 Å². The molecule has 1 spiro atoms. The van der Waals surface area contributed by atoms with Gasteiger partial charge in [-0.3, -0.25) is 0 Å². The van der Waals surface area contributed by atoms with Gasteiger partial charge in [0.15, 0.2) is 0 Å². The molecule has 1 atom stereocenters. The topological polar surface area (TPSA) is 43.2 Å². The number of aryl methyl sites for hydroxylation is 1. The molecular weight excluding hydrogens is 288 g/mol. The predicted molar refractivity (Wildman–Crippen MR) is 89.2 cm³/mol. The van der Waals surface area contributed by atoms with E-state index < -0.39 is 0 Å². The first kappa shape index (κ1) is 15.6. The van der Waals surface area contributed by atoms with E-state index in [0.29, 0.717) is 11.3 Å². The average Bonchev–Trinajstić information content (AvgIpc) is 3.13. The van der Waals surface area contributed by atoms with Crippen molar-refractivity contribution in [2.45, 2.75) is 50.9 Å². The molecule has 0 radical (unpaired) electrons. The van der Waals surface area contributed by atoms with Crippen LogP contribution in [0.4, 0.5) is 0 Å². The Balaban J connectivity index is 1.52. The van der Waals surface area contributed by atoms with Gasteiger partial charge in [0, 0.05) is 45.8 Å². The summed E-state index contributed by atoms with van der Waals surface area (Å²) in [5.41, 5.74) is 0.355. The highest BCUT2D eigenvalue weighted by Gasteiger charge is 2.49. The van der Waals surface area contributed by atoms with Crippen LogP contribution in [0.3, 0.4) is 0 Å². The van der Waals surface area contributed by atoms with Crippen LogP contribution in [0.2, 0.25) is 0 Å². The normalized spacial score (nSPS) is 29.3. The van der Waals surface area contributed by atoms with Crippen molar-refractivity contribution in [3.8, 4) is 0 Å². The summed E-state index contributed by atoms with van der Waals surface area (Å²) in [5, 5.41) is 8.62. The van der Waals surface area contributed by atoms with E-state index in [1.165, 1.54) is 63.9 Å². The highest BCUT2D eigenvalue weighted by molar-refractivity contribution is 5.12. The lowest BCUT2D eigenvalue weighted by Gasteiger charge is -2.37. The summed E-state index contributed by atoms with van der Waals surface area (Å²) in [5.74, 6) is 2.61. The standard InChI is InChI=1S/C18H30N4O/c1-21-14-19-20-17(21)16-12-22(11-15-5-3-2-4-6-15)13-18(16)7-9-23-10-8-18/h14-16H,2-13H2,1H3. The lowest BCUT2D eigenvalue weighted by atomic mass is 9.72. The zero-order valence-electron chi connectivity index (χ0n) is 14.4. The zero-order chi connectivity index (χ0) is 15.7. The Labute approximate surface area is 139 Å². The smallest absolute Gasteiger partial charge is 0.137 e. The maximum absolute atomic E-state index is 5.68. The second-order valence-corrected chi connectivity index (χ2v) is 8.03. The molecule has 5 heteroatoms. The molecule has 1 unspecified atom stereocenters. The van der Waals surface area contributed by atoms with E-state index in [9.17, 15) is 0 Å². The van der Waals surface area contributed by atoms with Crippen LogP contribution < -0.4 is 0 Å². The van der Waals surface area contributed by atoms with E-state index in [2.05, 4.69) is 26.7 Å². The summed E-state index contributed by atoms with van der Waals surface area (Å²) in [6, 6.07) is 0. The highest BCUT2D eigenvalue weighted by atomic mass is 16.5. The van der Waals surface area contributed by atoms with Crippen molar-refractivity contribution >= 4 is 0 Å². The summed E-state index contributed by atoms with van der Waals surface area (Å²) in [6.45, 7) is 5.49. The maximum atomic E-state index is 5.68. The van der Waals surface area contributed by atoms with Gasteiger partial charge in [-0.05, 0) is 37.0 Å². The molecule has 3 fully saturated rings. The van der Waals surface area contributed by atoms with Crippen molar-refractivity contribution in [2.75, 3.05) is 32.8 Å². The number of hydrogen-bond acceptors (Lipinski definition) is 4. The van der Waals surface area contributed by atoms with Gasteiger partial charge in [-0.15, -0.1) is 10.2 Å². The van der Waals surface area contributed by atoms with E-state index in [4.69, 9.17) is 4.74 Å². The predicted octanol–water partition coefficient (Wildman–Crippen LogP) is 2.59. The van der Waals surface area contributed by atoms with Crippen LogP contribution >= 0.6 is 0 Å². The molecule has 2 saturated heterocycles. The fourth-order valence-corrected chi connectivity index (χ4v) is 5.19. The number of hydrogen-bond donors (Lipinski definition) is 0. The Morgan fingerprint density at radius 2 is 2.00 bits per heavy atom. The van der Waals surface area contributed by atoms with Crippen molar-refractivity contribution in [2.24, 2.45) is 18.4 Å². The van der Waals surface area contributed by atoms with Gasteiger partial charge >= 0.3 is 0 Å². The molecule has 1 aromatic heterocycles. The van der Waals surface area contributed by atoms with E-state index >= 15 is 0 Å². The van der Waals surface area contributed by atoms with E-state index in [-0.39, 0.29) is 0 Å². The second-order valence-electron chi connectivity index (χ2n) is 8.03. The van der Waals surface area contributed by atoms with Gasteiger partial charge < -0.3 is 14.2 Å². The second kappa shape index (κ2) is 6.52. The summed E-state index contributed by atoms with van der Waals surface area (Å²) in [6.07, 6.45) is 11.4. The first-order chi connectivity index (χ1) is 11.3. The molecule has 4 rings (SSSR count). The summed E-state index contributed by atoms with van der Waals surface area (Å²) < 4.78 is 7.81. The number of aromatic nitrogens is 3. The minimum absolute atomic E-state index is 0.355. The molecule has 3 aliphatic rings. The van der Waals surface area contributed by atoms with Crippen molar-refractivity contribution in [3.05, 3.63) is 12.2 Å². The number of likely N-dealkylation sites (tertiary alicyclic amines) is 1. The van der Waals surface area contributed by atoms with Gasteiger partial charge in [-0.1, -0.05) is 19.3 Å². The third-order valence-electron chi connectivity index (χ3n) is 6.51. The first-order valence-electron chi connectivity index (χ1n) is 9.41. The number of nitrogens with zero attached hydrogens (tertiary/aromatic N) is 4. The average molecular weight is 318 g/mol. The lowest BCUT2D eigenvalue weighted by Crippen LogP contribution is -2.37. The monoisotopic (exact) mass is 318 g/mol. The van der Waals surface area contributed by atoms with E-state index in [1.54, 1.807) is 0 Å². The zero-order valence-corrected chi connectivity index (χ0v) is 14.4. The molecule has 0 bridgehead atoms. The lowest BCUT2D eigenvalue weighted by molar-refractivity contribution is 0.0101. The molecule has 128 valence electrons. The minimum atomic E-state index is 0.355. The van der Waals surface area contributed by atoms with Crippen molar-refractivity contribution in [1.29, 1.82) is 0 Å². The van der Waals surface area contributed by atoms with E-state index in [1.807, 2.05) is 6.33 Å². The van der Waals surface area contributed by atoms with Gasteiger partial charge in [0.1, 0.15) is 12.2 Å². The molecule has 3 heterocycles. The molecule has 1 aliphatic carbocycles. The molecule has 23 heavy (non-hydrogen) atoms. The molecule has 1 saturated carbocycles. The Morgan fingerprint density at radius 3 is 2.70 bits per heavy atom. The van der Waals surface area contributed by atoms with Crippen LogP contribution in [0, 0.1) is 11.3 Å². The van der Waals surface area contributed by atoms with E-state index in [0.717, 1.165) is 25.7 Å². The van der Waals surface area contributed by atoms with Crippen LogP contribution in [-0.2, 0) is 11.8 Å². The molecule has 1 aromatic rings. The fraction of sp³-hybridized carbons (Fsp3) is 0.889. The van der Waals surface area contributed by atoms with Crippen LogP contribution in [0.25, 0.3) is 0 Å². The number of rotatable bonds is 3. The van der Waals surface area contributed by atoms with Gasteiger partial charge in [0.05, 0.1) is 0 Å². The molecule has 0 aromatic carbocycles. The Kier molecular flexibility index (Phi) is 4.41. The quantitative estimate of drug-likeness (QED) is 0.859. The molecule has 5 nitrogen and oxygen atoms in total. The molecule has 2 aliphatic heterocycles. The minimum Gasteiger partial charge on any atom is -0.381 e. The SMILES string of the molecule is Cn1cnnc1C1CN(CC2CCCCC2)CC12CCOCC2. The summed E-state index contributed by atoms with van der Waals surface area (Å²) in [7, 11) is 2.09. The Hall–Kier alpha value is -0.940. The Bertz CT molecular complexity index is 517. The summed E-state index contributed by atoms with van der Waals surface area (Å²) >= 11 is 0. The van der Waals surface area contributed by atoms with Gasteiger partial charge in [-0.25, -0.2) is 0 Å². The van der Waals surface area contributed by atoms with Gasteiger partial charge in [0.2, 0.25) is 0 Å². The third-order valence-corrected chi connectivity index (χ3v) is 6.51. The highest BCUT2D eigenvalue weighted by Crippen LogP contribution is 2.49. The van der Waals surface area contributed by atoms with Crippen molar-refractivity contribution in [1.82, 2.24) is 19.7 Å². The largest absolute Gasteiger partial charge is 0.381 e. The molecule has 0 amide bonds.